The lowest BCUT2D eigenvalue weighted by Gasteiger charge is -2.33. The third kappa shape index (κ3) is 3.29. The molecule has 1 amide bonds. The molecule has 2 fully saturated rings. The van der Waals surface area contributed by atoms with Gasteiger partial charge in [0.1, 0.15) is 5.76 Å². The van der Waals surface area contributed by atoms with E-state index in [1.165, 1.54) is 8.61 Å². The molecule has 0 radical (unpaired) electrons. The monoisotopic (exact) mass is 341 g/mol. The minimum absolute atomic E-state index is 0.134. The molecule has 2 heterocycles. The second-order valence-electron chi connectivity index (χ2n) is 6.24. The van der Waals surface area contributed by atoms with E-state index in [0.717, 1.165) is 38.5 Å². The molecule has 128 valence electrons. The number of carbonyl (C=O) groups excluding carboxylic acids is 1. The van der Waals surface area contributed by atoms with Gasteiger partial charge in [0, 0.05) is 12.6 Å². The molecule has 0 spiro atoms. The average Bonchev–Trinajstić information content (AvgIpc) is 3.24. The van der Waals surface area contributed by atoms with E-state index >= 15 is 0 Å². The number of hydrogen-bond acceptors (Lipinski definition) is 4. The maximum Gasteiger partial charge on any atom is 0.283 e. The van der Waals surface area contributed by atoms with Crippen LogP contribution in [0.5, 0.6) is 0 Å². The van der Waals surface area contributed by atoms with Crippen molar-refractivity contribution in [2.24, 2.45) is 5.73 Å². The molecule has 23 heavy (non-hydrogen) atoms. The van der Waals surface area contributed by atoms with Crippen LogP contribution in [0.2, 0.25) is 0 Å². The van der Waals surface area contributed by atoms with Crippen molar-refractivity contribution >= 4 is 16.1 Å². The molecule has 3 rings (SSSR count). The summed E-state index contributed by atoms with van der Waals surface area (Å²) >= 11 is 0. The van der Waals surface area contributed by atoms with Crippen LogP contribution in [0.25, 0.3) is 0 Å². The summed E-state index contributed by atoms with van der Waals surface area (Å²) in [5.74, 6) is 0.0331. The Morgan fingerprint density at radius 1 is 1.30 bits per heavy atom. The Hall–Kier alpha value is -1.38. The van der Waals surface area contributed by atoms with Crippen LogP contribution in [-0.4, -0.2) is 42.1 Å². The molecule has 1 aromatic rings. The third-order valence-electron chi connectivity index (χ3n) is 4.71. The molecule has 7 nitrogen and oxygen atoms in total. The van der Waals surface area contributed by atoms with Crippen LogP contribution in [-0.2, 0) is 15.0 Å². The van der Waals surface area contributed by atoms with E-state index in [1.54, 1.807) is 18.4 Å². The number of rotatable bonds is 6. The van der Waals surface area contributed by atoms with Crippen molar-refractivity contribution in [1.29, 1.82) is 0 Å². The minimum Gasteiger partial charge on any atom is -0.468 e. The van der Waals surface area contributed by atoms with E-state index < -0.39 is 16.1 Å². The Morgan fingerprint density at radius 2 is 2.04 bits per heavy atom. The first kappa shape index (κ1) is 16.5. The maximum atomic E-state index is 13.2. The van der Waals surface area contributed by atoms with Crippen molar-refractivity contribution in [1.82, 2.24) is 8.61 Å². The Morgan fingerprint density at radius 3 is 2.65 bits per heavy atom. The van der Waals surface area contributed by atoms with Gasteiger partial charge < -0.3 is 10.2 Å². The topological polar surface area (TPSA) is 96.8 Å². The van der Waals surface area contributed by atoms with Crippen LogP contribution >= 0.6 is 0 Å². The Kier molecular flexibility index (Phi) is 4.74. The van der Waals surface area contributed by atoms with Crippen LogP contribution in [0, 0.1) is 0 Å². The molecule has 2 aliphatic rings. The van der Waals surface area contributed by atoms with Crippen molar-refractivity contribution in [2.75, 3.05) is 13.1 Å². The second-order valence-corrected chi connectivity index (χ2v) is 8.08. The summed E-state index contributed by atoms with van der Waals surface area (Å²) < 4.78 is 34.5. The van der Waals surface area contributed by atoms with Gasteiger partial charge in [0.05, 0.1) is 18.8 Å². The zero-order valence-electron chi connectivity index (χ0n) is 13.1. The van der Waals surface area contributed by atoms with E-state index in [9.17, 15) is 13.2 Å². The minimum atomic E-state index is -3.75. The summed E-state index contributed by atoms with van der Waals surface area (Å²) in [5.41, 5.74) is 5.30. The lowest BCUT2D eigenvalue weighted by Crippen LogP contribution is -2.50. The van der Waals surface area contributed by atoms with Gasteiger partial charge in [0.15, 0.2) is 0 Å². The lowest BCUT2D eigenvalue weighted by atomic mass is 10.2. The molecular formula is C15H23N3O4S. The predicted molar refractivity (Wildman–Crippen MR) is 84.5 cm³/mol. The lowest BCUT2D eigenvalue weighted by molar-refractivity contribution is -0.118. The quantitative estimate of drug-likeness (QED) is 0.845. The summed E-state index contributed by atoms with van der Waals surface area (Å²) in [6, 6.07) is 3.13. The van der Waals surface area contributed by atoms with Gasteiger partial charge in [-0.25, -0.2) is 0 Å². The summed E-state index contributed by atoms with van der Waals surface area (Å²) in [7, 11) is -3.75. The molecule has 0 aromatic carbocycles. The second kappa shape index (κ2) is 6.62. The van der Waals surface area contributed by atoms with Crippen LogP contribution < -0.4 is 5.73 Å². The van der Waals surface area contributed by atoms with Crippen molar-refractivity contribution < 1.29 is 17.6 Å². The van der Waals surface area contributed by atoms with Gasteiger partial charge in [0.25, 0.3) is 10.2 Å². The fourth-order valence-electron chi connectivity index (χ4n) is 3.66. The molecule has 1 saturated carbocycles. The highest BCUT2D eigenvalue weighted by Gasteiger charge is 2.43. The number of primary amides is 1. The zero-order valence-corrected chi connectivity index (χ0v) is 13.9. The van der Waals surface area contributed by atoms with E-state index in [1.807, 2.05) is 0 Å². The van der Waals surface area contributed by atoms with Crippen LogP contribution in [0.4, 0.5) is 0 Å². The van der Waals surface area contributed by atoms with Crippen molar-refractivity contribution in [3.8, 4) is 0 Å². The molecule has 2 N–H and O–H groups in total. The first-order chi connectivity index (χ1) is 11.0. The van der Waals surface area contributed by atoms with Gasteiger partial charge in [-0.3, -0.25) is 4.79 Å². The molecule has 1 saturated heterocycles. The summed E-state index contributed by atoms with van der Waals surface area (Å²) in [6.07, 6.45) is 6.59. The smallest absolute Gasteiger partial charge is 0.283 e. The summed E-state index contributed by atoms with van der Waals surface area (Å²) in [5, 5.41) is 0. The Bertz CT molecular complexity index is 638. The van der Waals surface area contributed by atoms with E-state index in [-0.39, 0.29) is 18.6 Å². The zero-order chi connectivity index (χ0) is 16.4. The molecule has 1 aromatic heterocycles. The highest BCUT2D eigenvalue weighted by Crippen LogP contribution is 2.37. The maximum absolute atomic E-state index is 13.2. The number of carbonyl (C=O) groups is 1. The Balaban J connectivity index is 1.88. The van der Waals surface area contributed by atoms with Crippen molar-refractivity contribution in [2.45, 2.75) is 50.6 Å². The largest absolute Gasteiger partial charge is 0.468 e. The Labute approximate surface area is 136 Å². The molecular weight excluding hydrogens is 318 g/mol. The fraction of sp³-hybridized carbons (Fsp3) is 0.667. The van der Waals surface area contributed by atoms with Gasteiger partial charge in [-0.1, -0.05) is 12.8 Å². The van der Waals surface area contributed by atoms with Gasteiger partial charge in [0.2, 0.25) is 5.91 Å². The number of hydrogen-bond donors (Lipinski definition) is 1. The SMILES string of the molecule is NC(=O)CN(C1CCCC1)S(=O)(=O)N1CCC[C@@H]1c1ccco1. The van der Waals surface area contributed by atoms with Gasteiger partial charge in [-0.2, -0.15) is 17.0 Å². The van der Waals surface area contributed by atoms with Gasteiger partial charge in [-0.15, -0.1) is 0 Å². The van der Waals surface area contributed by atoms with Gasteiger partial charge >= 0.3 is 0 Å². The van der Waals surface area contributed by atoms with E-state index in [0.29, 0.717) is 12.3 Å². The van der Waals surface area contributed by atoms with Crippen molar-refractivity contribution in [3.05, 3.63) is 24.2 Å². The predicted octanol–water partition coefficient (Wildman–Crippen LogP) is 1.39. The van der Waals surface area contributed by atoms with Crippen molar-refractivity contribution in [3.63, 3.8) is 0 Å². The van der Waals surface area contributed by atoms with Crippen LogP contribution in [0.1, 0.15) is 50.3 Å². The third-order valence-corrected chi connectivity index (χ3v) is 6.76. The van der Waals surface area contributed by atoms with Crippen LogP contribution in [0.15, 0.2) is 22.8 Å². The number of amides is 1. The average molecular weight is 341 g/mol. The molecule has 1 aliphatic heterocycles. The highest BCUT2D eigenvalue weighted by atomic mass is 32.2. The standard InChI is InChI=1S/C15H23N3O4S/c16-15(19)11-18(12-5-1-2-6-12)23(20,21)17-9-3-7-13(17)14-8-4-10-22-14/h4,8,10,12-13H,1-3,5-7,9,11H2,(H2,16,19)/t13-/m1/s1. The fourth-order valence-corrected chi connectivity index (χ4v) is 5.70. The summed E-state index contributed by atoms with van der Waals surface area (Å²) in [4.78, 5) is 11.4. The number of nitrogens with zero attached hydrogens (tertiary/aromatic N) is 2. The summed E-state index contributed by atoms with van der Waals surface area (Å²) in [6.45, 7) is 0.185. The van der Waals surface area contributed by atoms with E-state index in [2.05, 4.69) is 0 Å². The molecule has 0 bridgehead atoms. The molecule has 8 heteroatoms. The first-order valence-corrected chi connectivity index (χ1v) is 9.50. The highest BCUT2D eigenvalue weighted by molar-refractivity contribution is 7.86. The molecule has 1 aliphatic carbocycles. The molecule has 1 atom stereocenters. The first-order valence-electron chi connectivity index (χ1n) is 8.10. The molecule has 0 unspecified atom stereocenters. The normalized spacial score (nSPS) is 23.8. The number of furan rings is 1. The van der Waals surface area contributed by atoms with Gasteiger partial charge in [-0.05, 0) is 37.8 Å². The van der Waals surface area contributed by atoms with Crippen LogP contribution in [0.3, 0.4) is 0 Å². The van der Waals surface area contributed by atoms with E-state index in [4.69, 9.17) is 10.2 Å². The number of nitrogens with two attached hydrogens (primary N) is 1.